The number of ketones is 1. The largest absolute Gasteiger partial charge is 0.488 e. The van der Waals surface area contributed by atoms with Crippen LogP contribution in [0, 0.1) is 5.41 Å². The molecule has 1 unspecified atom stereocenters. The summed E-state index contributed by atoms with van der Waals surface area (Å²) in [5, 5.41) is 2.06. The van der Waals surface area contributed by atoms with Gasteiger partial charge in [-0.05, 0) is 52.5 Å². The van der Waals surface area contributed by atoms with E-state index in [4.69, 9.17) is 9.57 Å². The van der Waals surface area contributed by atoms with Crippen LogP contribution in [0.2, 0.25) is 0 Å². The van der Waals surface area contributed by atoms with Crippen molar-refractivity contribution in [2.75, 3.05) is 6.61 Å². The van der Waals surface area contributed by atoms with E-state index in [0.29, 0.717) is 13.0 Å². The Morgan fingerprint density at radius 1 is 1.16 bits per heavy atom. The second kappa shape index (κ2) is 6.88. The first-order valence-corrected chi connectivity index (χ1v) is 9.43. The predicted molar refractivity (Wildman–Crippen MR) is 101 cm³/mol. The van der Waals surface area contributed by atoms with Gasteiger partial charge in [-0.1, -0.05) is 26.8 Å². The molecular weight excluding hydrogens is 314 g/mol. The summed E-state index contributed by atoms with van der Waals surface area (Å²) in [6.07, 6.45) is 6.45. The first-order chi connectivity index (χ1) is 11.4. The number of rotatable bonds is 5. The van der Waals surface area contributed by atoms with E-state index in [9.17, 15) is 4.79 Å². The third-order valence-corrected chi connectivity index (χ3v) is 5.23. The molecule has 1 aliphatic heterocycles. The average Bonchev–Trinajstić information content (AvgIpc) is 2.46. The fourth-order valence-electron chi connectivity index (χ4n) is 3.82. The van der Waals surface area contributed by atoms with Gasteiger partial charge in [0.05, 0.1) is 17.7 Å². The summed E-state index contributed by atoms with van der Waals surface area (Å²) in [4.78, 5) is 18.4. The van der Waals surface area contributed by atoms with Gasteiger partial charge < -0.3 is 4.74 Å². The Bertz CT molecular complexity index is 584. The highest BCUT2D eigenvalue weighted by molar-refractivity contribution is 5.96. The Labute approximate surface area is 153 Å². The summed E-state index contributed by atoms with van der Waals surface area (Å²) in [6.45, 7) is 17.5. The van der Waals surface area contributed by atoms with Crippen LogP contribution in [0.25, 0.3) is 0 Å². The number of hydrogen-bond acceptors (Lipinski definition) is 4. The van der Waals surface area contributed by atoms with E-state index >= 15 is 0 Å². The van der Waals surface area contributed by atoms with Crippen molar-refractivity contribution in [2.45, 2.75) is 91.8 Å². The van der Waals surface area contributed by atoms with Crippen LogP contribution in [0.1, 0.15) is 74.7 Å². The van der Waals surface area contributed by atoms with Crippen molar-refractivity contribution in [3.05, 3.63) is 23.5 Å². The van der Waals surface area contributed by atoms with Crippen LogP contribution in [-0.4, -0.2) is 34.6 Å². The highest BCUT2D eigenvalue weighted by Crippen LogP contribution is 2.41. The van der Waals surface area contributed by atoms with E-state index in [1.807, 2.05) is 6.92 Å². The molecule has 0 aromatic carbocycles. The smallest absolute Gasteiger partial charge is 0.162 e. The quantitative estimate of drug-likeness (QED) is 0.668. The molecule has 0 fully saturated rings. The van der Waals surface area contributed by atoms with Crippen LogP contribution in [0.4, 0.5) is 0 Å². The maximum atomic E-state index is 12.3. The van der Waals surface area contributed by atoms with Crippen LogP contribution >= 0.6 is 0 Å². The first-order valence-electron chi connectivity index (χ1n) is 9.43. The molecular formula is C21H35NO3. The van der Waals surface area contributed by atoms with E-state index in [2.05, 4.69) is 65.7 Å². The number of carbonyl (C=O) groups excluding carboxylic acids is 1. The van der Waals surface area contributed by atoms with Gasteiger partial charge >= 0.3 is 0 Å². The van der Waals surface area contributed by atoms with Crippen molar-refractivity contribution >= 4 is 5.78 Å². The molecule has 4 nitrogen and oxygen atoms in total. The number of Topliss-reactive ketones (excluding diaryl/α,β-unsaturated/α-hetero) is 1. The SMILES string of the molecule is CCCON1C(C)(C)C=CC(OC2=C(C)C(=O)CC(C)(C)C2)C1(C)C. The number of nitrogens with zero attached hydrogens (tertiary/aromatic N) is 1. The molecule has 0 saturated heterocycles. The number of allylic oxidation sites excluding steroid dienone is 2. The summed E-state index contributed by atoms with van der Waals surface area (Å²) in [7, 11) is 0. The van der Waals surface area contributed by atoms with Gasteiger partial charge in [0.25, 0.3) is 0 Å². The third-order valence-electron chi connectivity index (χ3n) is 5.23. The number of hydrogen-bond donors (Lipinski definition) is 0. The topological polar surface area (TPSA) is 38.8 Å². The van der Waals surface area contributed by atoms with Gasteiger partial charge in [-0.2, -0.15) is 5.06 Å². The summed E-state index contributed by atoms with van der Waals surface area (Å²) < 4.78 is 6.42. The normalized spacial score (nSPS) is 28.3. The molecule has 0 bridgehead atoms. The monoisotopic (exact) mass is 349 g/mol. The first kappa shape index (κ1) is 20.2. The van der Waals surface area contributed by atoms with Crippen LogP contribution in [0.3, 0.4) is 0 Å². The molecule has 0 aromatic heterocycles. The molecule has 0 amide bonds. The summed E-state index contributed by atoms with van der Waals surface area (Å²) in [5.41, 5.74) is 0.176. The third kappa shape index (κ3) is 4.17. The summed E-state index contributed by atoms with van der Waals surface area (Å²) >= 11 is 0. The molecule has 0 aromatic rings. The molecule has 0 spiro atoms. The molecule has 0 saturated carbocycles. The van der Waals surface area contributed by atoms with Crippen molar-refractivity contribution in [1.29, 1.82) is 0 Å². The molecule has 1 heterocycles. The molecule has 4 heteroatoms. The van der Waals surface area contributed by atoms with Gasteiger partial charge in [0, 0.05) is 18.4 Å². The Hall–Kier alpha value is -1.13. The molecule has 142 valence electrons. The standard InChI is InChI=1S/C21H35NO3/c1-9-12-24-22-20(5,6)11-10-18(21(22,7)8)25-17-14-19(3,4)13-16(23)15(17)2/h10-11,18H,9,12-14H2,1-8H3. The molecule has 25 heavy (non-hydrogen) atoms. The fraction of sp³-hybridized carbons (Fsp3) is 0.762. The maximum Gasteiger partial charge on any atom is 0.162 e. The molecule has 0 N–H and O–H groups in total. The zero-order chi connectivity index (χ0) is 19.0. The van der Waals surface area contributed by atoms with E-state index in [1.165, 1.54) is 0 Å². The van der Waals surface area contributed by atoms with Gasteiger partial charge in [-0.25, -0.2) is 0 Å². The lowest BCUT2D eigenvalue weighted by Crippen LogP contribution is -2.62. The number of carbonyl (C=O) groups is 1. The Morgan fingerprint density at radius 2 is 1.80 bits per heavy atom. The summed E-state index contributed by atoms with van der Waals surface area (Å²) in [6, 6.07) is 0. The maximum absolute atomic E-state index is 12.3. The van der Waals surface area contributed by atoms with Crippen LogP contribution in [-0.2, 0) is 14.4 Å². The van der Waals surface area contributed by atoms with Crippen molar-refractivity contribution < 1.29 is 14.4 Å². The van der Waals surface area contributed by atoms with Gasteiger partial charge in [-0.3, -0.25) is 9.63 Å². The average molecular weight is 350 g/mol. The number of hydroxylamine groups is 2. The highest BCUT2D eigenvalue weighted by Gasteiger charge is 2.47. The van der Waals surface area contributed by atoms with Crippen molar-refractivity contribution in [2.24, 2.45) is 5.41 Å². The molecule has 0 radical (unpaired) electrons. The predicted octanol–water partition coefficient (Wildman–Crippen LogP) is 4.81. The van der Waals surface area contributed by atoms with Gasteiger partial charge in [0.15, 0.2) is 5.78 Å². The van der Waals surface area contributed by atoms with Crippen molar-refractivity contribution in [3.63, 3.8) is 0 Å². The number of ether oxygens (including phenoxy) is 1. The zero-order valence-electron chi connectivity index (χ0n) is 17.2. The van der Waals surface area contributed by atoms with E-state index in [0.717, 1.165) is 24.2 Å². The molecule has 1 atom stereocenters. The Balaban J connectivity index is 2.30. The van der Waals surface area contributed by atoms with Crippen LogP contribution in [0.15, 0.2) is 23.5 Å². The van der Waals surface area contributed by atoms with Crippen molar-refractivity contribution in [1.82, 2.24) is 5.06 Å². The zero-order valence-corrected chi connectivity index (χ0v) is 17.2. The minimum Gasteiger partial charge on any atom is -0.488 e. The van der Waals surface area contributed by atoms with Gasteiger partial charge in [-0.15, -0.1) is 0 Å². The molecule has 2 rings (SSSR count). The lowest BCUT2D eigenvalue weighted by molar-refractivity contribution is -0.275. The van der Waals surface area contributed by atoms with Crippen LogP contribution in [0.5, 0.6) is 0 Å². The Kier molecular flexibility index (Phi) is 5.56. The van der Waals surface area contributed by atoms with Crippen LogP contribution < -0.4 is 0 Å². The van der Waals surface area contributed by atoms with Crippen molar-refractivity contribution in [3.8, 4) is 0 Å². The second-order valence-corrected chi connectivity index (χ2v) is 9.32. The highest BCUT2D eigenvalue weighted by atomic mass is 16.7. The Morgan fingerprint density at radius 3 is 2.40 bits per heavy atom. The fourth-order valence-corrected chi connectivity index (χ4v) is 3.82. The minimum atomic E-state index is -0.342. The molecule has 2 aliphatic rings. The van der Waals surface area contributed by atoms with Gasteiger partial charge in [0.1, 0.15) is 11.9 Å². The van der Waals surface area contributed by atoms with E-state index in [1.54, 1.807) is 0 Å². The summed E-state index contributed by atoms with van der Waals surface area (Å²) in [5.74, 6) is 1.03. The lowest BCUT2D eigenvalue weighted by Gasteiger charge is -2.51. The van der Waals surface area contributed by atoms with Gasteiger partial charge in [0.2, 0.25) is 0 Å². The van der Waals surface area contributed by atoms with E-state index < -0.39 is 0 Å². The minimum absolute atomic E-state index is 0.0495. The lowest BCUT2D eigenvalue weighted by atomic mass is 9.76. The second-order valence-electron chi connectivity index (χ2n) is 9.32. The van der Waals surface area contributed by atoms with E-state index in [-0.39, 0.29) is 28.4 Å². The molecule has 1 aliphatic carbocycles.